The van der Waals surface area contributed by atoms with Crippen LogP contribution in [0.2, 0.25) is 0 Å². The number of aromatic amines is 1. The Morgan fingerprint density at radius 1 is 1.11 bits per heavy atom. The summed E-state index contributed by atoms with van der Waals surface area (Å²) < 4.78 is 5.44. The Kier molecular flexibility index (Phi) is 4.44. The van der Waals surface area contributed by atoms with E-state index in [1.165, 1.54) is 40.1 Å². The van der Waals surface area contributed by atoms with Gasteiger partial charge in [0, 0.05) is 31.1 Å². The number of H-pyrrole nitrogens is 1. The zero-order chi connectivity index (χ0) is 19.1. The van der Waals surface area contributed by atoms with Crippen molar-refractivity contribution >= 4 is 0 Å². The number of nitrogens with zero attached hydrogens (tertiary/aromatic N) is 2. The summed E-state index contributed by atoms with van der Waals surface area (Å²) in [5.41, 5.74) is 7.95. The first-order valence-corrected chi connectivity index (χ1v) is 10.2. The van der Waals surface area contributed by atoms with Crippen LogP contribution in [0.5, 0.6) is 5.75 Å². The minimum absolute atomic E-state index is 0.595. The van der Waals surface area contributed by atoms with Crippen LogP contribution in [0.1, 0.15) is 34.5 Å². The van der Waals surface area contributed by atoms with Crippen molar-refractivity contribution in [2.24, 2.45) is 0 Å². The molecule has 0 amide bonds. The highest BCUT2D eigenvalue weighted by atomic mass is 16.5. The Morgan fingerprint density at radius 3 is 2.86 bits per heavy atom. The third-order valence-corrected chi connectivity index (χ3v) is 6.39. The first kappa shape index (κ1) is 17.5. The maximum atomic E-state index is 5.44. The van der Waals surface area contributed by atoms with Crippen LogP contribution in [-0.2, 0) is 25.8 Å². The highest BCUT2D eigenvalue weighted by molar-refractivity contribution is 5.60. The molecule has 28 heavy (non-hydrogen) atoms. The lowest BCUT2D eigenvalue weighted by Crippen LogP contribution is -2.42. The van der Waals surface area contributed by atoms with Crippen LogP contribution in [0.4, 0.5) is 0 Å². The molecule has 1 aliphatic carbocycles. The topological polar surface area (TPSA) is 41.1 Å². The molecule has 4 nitrogen and oxygen atoms in total. The van der Waals surface area contributed by atoms with Crippen LogP contribution in [0, 0.1) is 6.92 Å². The SMILES string of the molecule is COc1ccc2c(c1)CC(N1CCc3nc(-c4ccccc4C)[nH]c3C1)CC2. The Hall–Kier alpha value is -2.59. The zero-order valence-electron chi connectivity index (χ0n) is 16.7. The lowest BCUT2D eigenvalue weighted by molar-refractivity contribution is 0.160. The van der Waals surface area contributed by atoms with Crippen LogP contribution in [0.25, 0.3) is 11.4 Å². The largest absolute Gasteiger partial charge is 0.497 e. The van der Waals surface area contributed by atoms with Crippen LogP contribution < -0.4 is 4.74 Å². The lowest BCUT2D eigenvalue weighted by atomic mass is 9.86. The second kappa shape index (κ2) is 7.10. The quantitative estimate of drug-likeness (QED) is 0.744. The van der Waals surface area contributed by atoms with E-state index in [1.54, 1.807) is 7.11 Å². The highest BCUT2D eigenvalue weighted by Crippen LogP contribution is 2.31. The van der Waals surface area contributed by atoms with Gasteiger partial charge in [-0.3, -0.25) is 4.90 Å². The normalized spacial score (nSPS) is 19.1. The van der Waals surface area contributed by atoms with E-state index in [2.05, 4.69) is 59.3 Å². The molecule has 2 aromatic carbocycles. The average Bonchev–Trinajstić information content (AvgIpc) is 3.16. The summed E-state index contributed by atoms with van der Waals surface area (Å²) in [5.74, 6) is 1.99. The van der Waals surface area contributed by atoms with Crippen molar-refractivity contribution in [3.8, 4) is 17.1 Å². The maximum absolute atomic E-state index is 5.44. The molecular formula is C24H27N3O. The number of imidazole rings is 1. The van der Waals surface area contributed by atoms with E-state index >= 15 is 0 Å². The van der Waals surface area contributed by atoms with Gasteiger partial charge < -0.3 is 9.72 Å². The number of rotatable bonds is 3. The van der Waals surface area contributed by atoms with Gasteiger partial charge in [-0.05, 0) is 55.0 Å². The highest BCUT2D eigenvalue weighted by Gasteiger charge is 2.29. The van der Waals surface area contributed by atoms with Gasteiger partial charge in [-0.2, -0.15) is 0 Å². The molecule has 1 aromatic heterocycles. The fourth-order valence-electron chi connectivity index (χ4n) is 4.75. The zero-order valence-corrected chi connectivity index (χ0v) is 16.7. The molecule has 144 valence electrons. The van der Waals surface area contributed by atoms with Crippen LogP contribution in [-0.4, -0.2) is 34.6 Å². The van der Waals surface area contributed by atoms with E-state index in [9.17, 15) is 0 Å². The smallest absolute Gasteiger partial charge is 0.138 e. The van der Waals surface area contributed by atoms with E-state index in [0.717, 1.165) is 43.9 Å². The van der Waals surface area contributed by atoms with Crippen molar-refractivity contribution in [3.05, 3.63) is 70.5 Å². The lowest BCUT2D eigenvalue weighted by Gasteiger charge is -2.37. The van der Waals surface area contributed by atoms with Crippen LogP contribution >= 0.6 is 0 Å². The predicted molar refractivity (Wildman–Crippen MR) is 112 cm³/mol. The summed E-state index contributed by atoms with van der Waals surface area (Å²) in [7, 11) is 1.75. The molecule has 3 aromatic rings. The average molecular weight is 374 g/mol. The minimum Gasteiger partial charge on any atom is -0.497 e. The fourth-order valence-corrected chi connectivity index (χ4v) is 4.75. The molecule has 2 aliphatic rings. The molecule has 1 unspecified atom stereocenters. The summed E-state index contributed by atoms with van der Waals surface area (Å²) in [5, 5.41) is 0. The first-order valence-electron chi connectivity index (χ1n) is 10.2. The van der Waals surface area contributed by atoms with Crippen molar-refractivity contribution < 1.29 is 4.74 Å². The summed E-state index contributed by atoms with van der Waals surface area (Å²) in [6, 6.07) is 15.6. The van der Waals surface area contributed by atoms with Gasteiger partial charge in [0.2, 0.25) is 0 Å². The molecule has 0 saturated heterocycles. The van der Waals surface area contributed by atoms with Crippen LogP contribution in [0.3, 0.4) is 0 Å². The molecule has 0 radical (unpaired) electrons. The van der Waals surface area contributed by atoms with Gasteiger partial charge in [-0.25, -0.2) is 4.98 Å². The molecule has 1 aliphatic heterocycles. The number of hydrogen-bond acceptors (Lipinski definition) is 3. The molecule has 4 heteroatoms. The van der Waals surface area contributed by atoms with E-state index in [0.29, 0.717) is 6.04 Å². The van der Waals surface area contributed by atoms with Gasteiger partial charge in [0.05, 0.1) is 18.5 Å². The molecule has 5 rings (SSSR count). The number of hydrogen-bond donors (Lipinski definition) is 1. The Bertz CT molecular complexity index is 1010. The number of aromatic nitrogens is 2. The van der Waals surface area contributed by atoms with E-state index in [4.69, 9.17) is 9.72 Å². The molecule has 0 saturated carbocycles. The number of nitrogens with one attached hydrogen (secondary N) is 1. The van der Waals surface area contributed by atoms with Gasteiger partial charge in [0.1, 0.15) is 11.6 Å². The fraction of sp³-hybridized carbons (Fsp3) is 0.375. The first-order chi connectivity index (χ1) is 13.7. The van der Waals surface area contributed by atoms with Gasteiger partial charge in [0.25, 0.3) is 0 Å². The summed E-state index contributed by atoms with van der Waals surface area (Å²) in [6.07, 6.45) is 4.53. The van der Waals surface area contributed by atoms with Gasteiger partial charge in [0.15, 0.2) is 0 Å². The number of benzene rings is 2. The number of aryl methyl sites for hydroxylation is 2. The van der Waals surface area contributed by atoms with Crippen molar-refractivity contribution in [1.82, 2.24) is 14.9 Å². The predicted octanol–water partition coefficient (Wildman–Crippen LogP) is 4.31. The standard InChI is InChI=1S/C24H27N3O/c1-16-5-3-4-6-21(16)24-25-22-11-12-27(15-23(22)26-24)19-9-7-17-8-10-20(28-2)14-18(17)13-19/h3-6,8,10,14,19H,7,9,11-13,15H2,1-2H3,(H,25,26). The van der Waals surface area contributed by atoms with Gasteiger partial charge >= 0.3 is 0 Å². The van der Waals surface area contributed by atoms with Crippen molar-refractivity contribution in [2.45, 2.75) is 45.2 Å². The molecule has 0 bridgehead atoms. The molecule has 0 fully saturated rings. The van der Waals surface area contributed by atoms with Crippen molar-refractivity contribution in [3.63, 3.8) is 0 Å². The van der Waals surface area contributed by atoms with E-state index < -0.39 is 0 Å². The minimum atomic E-state index is 0.595. The Labute approximate surface area is 166 Å². The van der Waals surface area contributed by atoms with Crippen LogP contribution in [0.15, 0.2) is 42.5 Å². The van der Waals surface area contributed by atoms with Crippen molar-refractivity contribution in [1.29, 1.82) is 0 Å². The Balaban J connectivity index is 1.36. The van der Waals surface area contributed by atoms with E-state index in [-0.39, 0.29) is 0 Å². The number of fused-ring (bicyclic) bond motifs is 2. The van der Waals surface area contributed by atoms with Gasteiger partial charge in [-0.1, -0.05) is 30.3 Å². The monoisotopic (exact) mass is 373 g/mol. The van der Waals surface area contributed by atoms with E-state index in [1.807, 2.05) is 0 Å². The Morgan fingerprint density at radius 2 is 2.00 bits per heavy atom. The number of ether oxygens (including phenoxy) is 1. The van der Waals surface area contributed by atoms with Crippen molar-refractivity contribution in [2.75, 3.05) is 13.7 Å². The maximum Gasteiger partial charge on any atom is 0.138 e. The second-order valence-electron chi connectivity index (χ2n) is 8.08. The molecule has 0 spiro atoms. The summed E-state index contributed by atoms with van der Waals surface area (Å²) in [4.78, 5) is 11.2. The summed E-state index contributed by atoms with van der Waals surface area (Å²) in [6.45, 7) is 4.21. The third-order valence-electron chi connectivity index (χ3n) is 6.39. The second-order valence-corrected chi connectivity index (χ2v) is 8.08. The molecule has 1 atom stereocenters. The molecular weight excluding hydrogens is 346 g/mol. The van der Waals surface area contributed by atoms with Gasteiger partial charge in [-0.15, -0.1) is 0 Å². The molecule has 2 heterocycles. The molecule has 1 N–H and O–H groups in total. The third kappa shape index (κ3) is 3.12. The number of methoxy groups -OCH3 is 1. The summed E-state index contributed by atoms with van der Waals surface area (Å²) >= 11 is 0.